The summed E-state index contributed by atoms with van der Waals surface area (Å²) in [7, 11) is 0. The zero-order valence-corrected chi connectivity index (χ0v) is 9.19. The average molecular weight is 250 g/mol. The molecule has 0 aromatic carbocycles. The van der Waals surface area contributed by atoms with Gasteiger partial charge in [0.25, 0.3) is 0 Å². The maximum atomic E-state index is 4.08. The summed E-state index contributed by atoms with van der Waals surface area (Å²) >= 11 is 3.40. The largest absolute Gasteiger partial charge is 0.264 e. The number of halogens is 1. The predicted octanol–water partition coefficient (Wildman–Crippen LogP) is 2.61. The summed E-state index contributed by atoms with van der Waals surface area (Å²) in [5, 5.41) is 0. The lowest BCUT2D eigenvalue weighted by molar-refractivity contribution is 1.14. The Balaban J connectivity index is 2.61. The summed E-state index contributed by atoms with van der Waals surface area (Å²) in [6.45, 7) is 2.02. The van der Waals surface area contributed by atoms with E-state index in [4.69, 9.17) is 0 Å². The van der Waals surface area contributed by atoms with Crippen LogP contribution in [0.1, 0.15) is 5.56 Å². The van der Waals surface area contributed by atoms with E-state index in [1.807, 2.05) is 19.2 Å². The highest BCUT2D eigenvalue weighted by molar-refractivity contribution is 9.10. The van der Waals surface area contributed by atoms with Crippen LogP contribution in [-0.4, -0.2) is 15.0 Å². The average Bonchev–Trinajstić information content (AvgIpc) is 2.20. The summed E-state index contributed by atoms with van der Waals surface area (Å²) < 4.78 is 0.807. The molecule has 0 radical (unpaired) electrons. The highest BCUT2D eigenvalue weighted by Gasteiger charge is 2.05. The van der Waals surface area contributed by atoms with Crippen LogP contribution in [0.2, 0.25) is 0 Å². The van der Waals surface area contributed by atoms with Crippen molar-refractivity contribution in [1.82, 2.24) is 15.0 Å². The molecule has 2 heterocycles. The third-order valence-corrected chi connectivity index (χ3v) is 2.61. The zero-order valence-electron chi connectivity index (χ0n) is 7.61. The fraction of sp³-hybridized carbons (Fsp3) is 0.100. The number of pyridine rings is 1. The molecule has 14 heavy (non-hydrogen) atoms. The van der Waals surface area contributed by atoms with Gasteiger partial charge in [-0.05, 0) is 40.0 Å². The number of aryl methyl sites for hydroxylation is 1. The maximum absolute atomic E-state index is 4.08. The van der Waals surface area contributed by atoms with Crippen LogP contribution in [-0.2, 0) is 0 Å². The van der Waals surface area contributed by atoms with E-state index in [-0.39, 0.29) is 0 Å². The van der Waals surface area contributed by atoms with Crippen molar-refractivity contribution in [1.29, 1.82) is 0 Å². The molecule has 0 spiro atoms. The zero-order chi connectivity index (χ0) is 9.97. The lowest BCUT2D eigenvalue weighted by Crippen LogP contribution is -1.89. The molecule has 0 amide bonds. The third-order valence-electron chi connectivity index (χ3n) is 1.97. The van der Waals surface area contributed by atoms with Gasteiger partial charge in [-0.15, -0.1) is 0 Å². The Morgan fingerprint density at radius 2 is 2.00 bits per heavy atom. The number of hydrogen-bond donors (Lipinski definition) is 0. The van der Waals surface area contributed by atoms with E-state index in [0.29, 0.717) is 0 Å². The van der Waals surface area contributed by atoms with E-state index in [0.717, 1.165) is 21.3 Å². The van der Waals surface area contributed by atoms with Crippen LogP contribution in [0, 0.1) is 6.92 Å². The first-order valence-corrected chi connectivity index (χ1v) is 4.95. The fourth-order valence-corrected chi connectivity index (χ4v) is 1.68. The van der Waals surface area contributed by atoms with Crippen molar-refractivity contribution in [3.8, 4) is 11.1 Å². The lowest BCUT2D eigenvalue weighted by Gasteiger charge is -2.05. The van der Waals surface area contributed by atoms with Crippen LogP contribution < -0.4 is 0 Å². The minimum atomic E-state index is 0.807. The molecule has 0 aliphatic heterocycles. The quantitative estimate of drug-likeness (QED) is 0.730. The molecule has 0 N–H and O–H groups in total. The molecule has 0 aliphatic rings. The van der Waals surface area contributed by atoms with E-state index in [9.17, 15) is 0 Å². The Labute approximate surface area is 90.4 Å². The van der Waals surface area contributed by atoms with Crippen molar-refractivity contribution in [3.05, 3.63) is 41.2 Å². The number of aromatic nitrogens is 3. The minimum absolute atomic E-state index is 0.807. The fourth-order valence-electron chi connectivity index (χ4n) is 1.27. The van der Waals surface area contributed by atoms with Crippen molar-refractivity contribution in [2.45, 2.75) is 6.92 Å². The van der Waals surface area contributed by atoms with Crippen molar-refractivity contribution in [3.63, 3.8) is 0 Å². The van der Waals surface area contributed by atoms with E-state index >= 15 is 0 Å². The standard InChI is InChI=1S/C10H8BrN3/c1-7-4-12-3-2-8(7)9-5-13-6-14-10(9)11/h2-6H,1H3. The molecule has 4 heteroatoms. The first-order valence-electron chi connectivity index (χ1n) is 4.15. The van der Waals surface area contributed by atoms with E-state index in [1.54, 1.807) is 12.4 Å². The number of rotatable bonds is 1. The molecule has 0 unspecified atom stereocenters. The van der Waals surface area contributed by atoms with Gasteiger partial charge in [-0.1, -0.05) is 0 Å². The molecule has 0 bridgehead atoms. The van der Waals surface area contributed by atoms with E-state index in [1.165, 1.54) is 6.33 Å². The Bertz CT molecular complexity index is 413. The summed E-state index contributed by atoms with van der Waals surface area (Å²) in [6.07, 6.45) is 6.90. The first-order chi connectivity index (χ1) is 6.79. The second kappa shape index (κ2) is 3.84. The summed E-state index contributed by atoms with van der Waals surface area (Å²) in [5.41, 5.74) is 3.21. The van der Waals surface area contributed by atoms with Gasteiger partial charge in [0, 0.05) is 24.2 Å². The molecular formula is C10H8BrN3. The van der Waals surface area contributed by atoms with Crippen LogP contribution in [0.5, 0.6) is 0 Å². The van der Waals surface area contributed by atoms with Crippen molar-refractivity contribution in [2.75, 3.05) is 0 Å². The van der Waals surface area contributed by atoms with Gasteiger partial charge >= 0.3 is 0 Å². The molecule has 0 fully saturated rings. The summed E-state index contributed by atoms with van der Waals surface area (Å²) in [4.78, 5) is 12.1. The smallest absolute Gasteiger partial charge is 0.117 e. The Morgan fingerprint density at radius 3 is 2.71 bits per heavy atom. The molecular weight excluding hydrogens is 242 g/mol. The van der Waals surface area contributed by atoms with Crippen LogP contribution in [0.3, 0.4) is 0 Å². The normalized spacial score (nSPS) is 10.1. The van der Waals surface area contributed by atoms with Crippen LogP contribution in [0.4, 0.5) is 0 Å². The van der Waals surface area contributed by atoms with E-state index in [2.05, 4.69) is 30.9 Å². The second-order valence-electron chi connectivity index (χ2n) is 2.92. The molecule has 0 saturated heterocycles. The van der Waals surface area contributed by atoms with Gasteiger partial charge in [-0.3, -0.25) is 4.98 Å². The molecule has 2 rings (SSSR count). The molecule has 3 nitrogen and oxygen atoms in total. The molecule has 0 atom stereocenters. The molecule has 0 aliphatic carbocycles. The van der Waals surface area contributed by atoms with Crippen molar-refractivity contribution < 1.29 is 0 Å². The third kappa shape index (κ3) is 1.65. The molecule has 2 aromatic heterocycles. The van der Waals surface area contributed by atoms with Crippen molar-refractivity contribution >= 4 is 15.9 Å². The second-order valence-corrected chi connectivity index (χ2v) is 3.67. The highest BCUT2D eigenvalue weighted by Crippen LogP contribution is 2.26. The first kappa shape index (κ1) is 9.27. The number of hydrogen-bond acceptors (Lipinski definition) is 3. The van der Waals surface area contributed by atoms with Crippen LogP contribution in [0.15, 0.2) is 35.6 Å². The monoisotopic (exact) mass is 249 g/mol. The van der Waals surface area contributed by atoms with Gasteiger partial charge in [0.1, 0.15) is 10.9 Å². The maximum Gasteiger partial charge on any atom is 0.117 e. The predicted molar refractivity (Wildman–Crippen MR) is 57.7 cm³/mol. The topological polar surface area (TPSA) is 38.7 Å². The number of nitrogens with zero attached hydrogens (tertiary/aromatic N) is 3. The molecule has 70 valence electrons. The highest BCUT2D eigenvalue weighted by atomic mass is 79.9. The Kier molecular flexibility index (Phi) is 2.54. The minimum Gasteiger partial charge on any atom is -0.264 e. The molecule has 2 aromatic rings. The van der Waals surface area contributed by atoms with Gasteiger partial charge in [-0.25, -0.2) is 9.97 Å². The van der Waals surface area contributed by atoms with E-state index < -0.39 is 0 Å². The SMILES string of the molecule is Cc1cnccc1-c1cncnc1Br. The van der Waals surface area contributed by atoms with Crippen LogP contribution >= 0.6 is 15.9 Å². The van der Waals surface area contributed by atoms with Gasteiger partial charge in [0.2, 0.25) is 0 Å². The van der Waals surface area contributed by atoms with Gasteiger partial charge in [-0.2, -0.15) is 0 Å². The lowest BCUT2D eigenvalue weighted by atomic mass is 10.1. The molecule has 0 saturated carbocycles. The van der Waals surface area contributed by atoms with Crippen LogP contribution in [0.25, 0.3) is 11.1 Å². The van der Waals surface area contributed by atoms with Gasteiger partial charge in [0.15, 0.2) is 0 Å². The summed E-state index contributed by atoms with van der Waals surface area (Å²) in [6, 6.07) is 1.96. The Morgan fingerprint density at radius 1 is 1.14 bits per heavy atom. The van der Waals surface area contributed by atoms with Gasteiger partial charge in [0.05, 0.1) is 0 Å². The Hall–Kier alpha value is -1.29. The summed E-state index contributed by atoms with van der Waals surface area (Å²) in [5.74, 6) is 0. The van der Waals surface area contributed by atoms with Gasteiger partial charge < -0.3 is 0 Å². The van der Waals surface area contributed by atoms with Crippen molar-refractivity contribution in [2.24, 2.45) is 0 Å².